The quantitative estimate of drug-likeness (QED) is 0.0273. The summed E-state index contributed by atoms with van der Waals surface area (Å²) >= 11 is 0. The van der Waals surface area contributed by atoms with Crippen LogP contribution in [0.4, 0.5) is 0 Å². The van der Waals surface area contributed by atoms with Crippen molar-refractivity contribution in [3.05, 3.63) is 48.6 Å². The number of allylic oxidation sites excluding steroid dienone is 7. The normalized spacial score (nSPS) is 14.5. The van der Waals surface area contributed by atoms with Crippen molar-refractivity contribution in [1.29, 1.82) is 0 Å². The van der Waals surface area contributed by atoms with Gasteiger partial charge in [0.15, 0.2) is 0 Å². The highest BCUT2D eigenvalue weighted by Gasteiger charge is 2.23. The molecule has 3 unspecified atom stereocenters. The van der Waals surface area contributed by atoms with Crippen LogP contribution in [0.25, 0.3) is 0 Å². The largest absolute Gasteiger partial charge is 0.756 e. The summed E-state index contributed by atoms with van der Waals surface area (Å²) in [6.45, 7) is 4.60. The third-order valence-electron chi connectivity index (χ3n) is 11.5. The Morgan fingerprint density at radius 3 is 1.44 bits per heavy atom. The molecule has 0 aromatic heterocycles. The van der Waals surface area contributed by atoms with Gasteiger partial charge >= 0.3 is 0 Å². The van der Waals surface area contributed by atoms with Gasteiger partial charge in [0, 0.05) is 6.42 Å². The predicted molar refractivity (Wildman–Crippen MR) is 265 cm³/mol. The van der Waals surface area contributed by atoms with Gasteiger partial charge in [-0.1, -0.05) is 210 Å². The number of hydrogen-bond donors (Lipinski definition) is 2. The maximum atomic E-state index is 12.9. The highest BCUT2D eigenvalue weighted by molar-refractivity contribution is 7.45. The molecule has 0 saturated heterocycles. The first-order valence-corrected chi connectivity index (χ1v) is 27.5. The van der Waals surface area contributed by atoms with Crippen LogP contribution in [0.3, 0.4) is 0 Å². The Morgan fingerprint density at radius 2 is 0.952 bits per heavy atom. The van der Waals surface area contributed by atoms with Crippen LogP contribution in [0.1, 0.15) is 232 Å². The van der Waals surface area contributed by atoms with E-state index in [4.69, 9.17) is 9.05 Å². The van der Waals surface area contributed by atoms with E-state index in [1.54, 1.807) is 6.08 Å². The topological polar surface area (TPSA) is 108 Å². The number of unbranched alkanes of at least 4 members (excludes halogenated alkanes) is 28. The van der Waals surface area contributed by atoms with Crippen LogP contribution < -0.4 is 10.2 Å². The number of carbonyl (C=O) groups excluding carboxylic acids is 1. The van der Waals surface area contributed by atoms with E-state index in [-0.39, 0.29) is 12.5 Å². The first-order valence-electron chi connectivity index (χ1n) is 26.0. The molecule has 1 amide bonds. The van der Waals surface area contributed by atoms with Crippen LogP contribution >= 0.6 is 7.82 Å². The highest BCUT2D eigenvalue weighted by Crippen LogP contribution is 2.38. The lowest BCUT2D eigenvalue weighted by Gasteiger charge is -2.29. The SMILES string of the molecule is CCCCC/C=C\C/C=C\CCCCCCCC(=O)NC(COP(=O)([O-])OCC[N+](C)(C)C)C(O)/C=C/CC/C=C/CCCCCCCCCCCCCCCCCCCCC. The molecule has 0 bridgehead atoms. The van der Waals surface area contributed by atoms with Gasteiger partial charge in [0.2, 0.25) is 5.91 Å². The minimum absolute atomic E-state index is 0.0103. The number of likely N-dealkylation sites (N-methyl/N-ethyl adjacent to an activating group) is 1. The van der Waals surface area contributed by atoms with E-state index < -0.39 is 26.6 Å². The zero-order valence-corrected chi connectivity index (χ0v) is 42.2. The molecule has 364 valence electrons. The Labute approximate surface area is 384 Å². The summed E-state index contributed by atoms with van der Waals surface area (Å²) in [6, 6.07) is -0.911. The number of quaternary nitrogens is 1. The van der Waals surface area contributed by atoms with Gasteiger partial charge in [-0.2, -0.15) is 0 Å². The molecule has 0 aromatic carbocycles. The molecule has 0 aliphatic rings. The second-order valence-electron chi connectivity index (χ2n) is 18.9. The van der Waals surface area contributed by atoms with Crippen molar-refractivity contribution in [2.45, 2.75) is 244 Å². The minimum Gasteiger partial charge on any atom is -0.756 e. The van der Waals surface area contributed by atoms with Gasteiger partial charge in [-0.25, -0.2) is 0 Å². The second kappa shape index (κ2) is 44.7. The molecule has 2 N–H and O–H groups in total. The van der Waals surface area contributed by atoms with Crippen molar-refractivity contribution >= 4 is 13.7 Å². The van der Waals surface area contributed by atoms with Gasteiger partial charge in [-0.15, -0.1) is 0 Å². The van der Waals surface area contributed by atoms with Gasteiger partial charge in [0.25, 0.3) is 7.82 Å². The number of phosphoric ester groups is 1. The van der Waals surface area contributed by atoms with Gasteiger partial charge in [0.05, 0.1) is 39.9 Å². The molecule has 3 atom stereocenters. The fourth-order valence-corrected chi connectivity index (χ4v) is 8.10. The number of hydrogen-bond acceptors (Lipinski definition) is 6. The van der Waals surface area contributed by atoms with Gasteiger partial charge in [-0.05, 0) is 64.2 Å². The van der Waals surface area contributed by atoms with Crippen molar-refractivity contribution in [1.82, 2.24) is 5.32 Å². The van der Waals surface area contributed by atoms with E-state index in [1.165, 1.54) is 148 Å². The molecule has 0 spiro atoms. The molecule has 8 nitrogen and oxygen atoms in total. The van der Waals surface area contributed by atoms with Crippen LogP contribution in [0, 0.1) is 0 Å². The molecule has 0 radical (unpaired) electrons. The van der Waals surface area contributed by atoms with E-state index in [2.05, 4.69) is 55.6 Å². The molecular weight excluding hydrogens is 792 g/mol. The summed E-state index contributed by atoms with van der Waals surface area (Å²) in [5.41, 5.74) is 0. The maximum absolute atomic E-state index is 12.9. The molecule has 62 heavy (non-hydrogen) atoms. The standard InChI is InChI=1S/C53H101N2O6P/c1-6-8-10-12-14-16-18-20-22-23-24-25-26-27-28-29-30-31-33-34-36-38-40-42-44-46-52(56)51(50-61-62(58,59)60-49-48-55(3,4)5)54-53(57)47-45-43-41-39-37-35-32-21-19-17-15-13-11-9-7-2/h15,17,21,32,36,38,44,46,51-52,56H,6-14,16,18-20,22-31,33-35,37,39-43,45,47-50H2,1-5H3,(H-,54,57,58,59)/b17-15-,32-21-,38-36+,46-44+. The number of phosphoric acid groups is 1. The minimum atomic E-state index is -4.60. The molecule has 0 aliphatic carbocycles. The summed E-state index contributed by atoms with van der Waals surface area (Å²) in [4.78, 5) is 25.4. The number of carbonyl (C=O) groups is 1. The molecule has 0 aromatic rings. The summed E-state index contributed by atoms with van der Waals surface area (Å²) in [5, 5.41) is 13.8. The zero-order chi connectivity index (χ0) is 45.7. The van der Waals surface area contributed by atoms with Crippen molar-refractivity contribution in [2.75, 3.05) is 40.9 Å². The van der Waals surface area contributed by atoms with Crippen LogP contribution in [0.5, 0.6) is 0 Å². The molecule has 0 rings (SSSR count). The number of aliphatic hydroxyl groups excluding tert-OH is 1. The van der Waals surface area contributed by atoms with Gasteiger partial charge in [0.1, 0.15) is 13.2 Å². The van der Waals surface area contributed by atoms with Crippen LogP contribution in [-0.4, -0.2) is 68.5 Å². The smallest absolute Gasteiger partial charge is 0.268 e. The highest BCUT2D eigenvalue weighted by atomic mass is 31.2. The lowest BCUT2D eigenvalue weighted by Crippen LogP contribution is -2.45. The van der Waals surface area contributed by atoms with Crippen molar-refractivity contribution in [3.8, 4) is 0 Å². The number of nitrogens with one attached hydrogen (secondary N) is 1. The number of rotatable bonds is 47. The van der Waals surface area contributed by atoms with Crippen molar-refractivity contribution in [2.24, 2.45) is 0 Å². The third-order valence-corrected chi connectivity index (χ3v) is 12.5. The Bertz CT molecular complexity index is 1150. The van der Waals surface area contributed by atoms with E-state index in [9.17, 15) is 19.4 Å². The molecule has 0 heterocycles. The fourth-order valence-electron chi connectivity index (χ4n) is 7.38. The van der Waals surface area contributed by atoms with Crippen LogP contribution in [0.15, 0.2) is 48.6 Å². The molecule has 0 fully saturated rings. The number of amides is 1. The number of aliphatic hydroxyl groups is 1. The lowest BCUT2D eigenvalue weighted by atomic mass is 10.0. The van der Waals surface area contributed by atoms with Crippen LogP contribution in [0.2, 0.25) is 0 Å². The van der Waals surface area contributed by atoms with E-state index >= 15 is 0 Å². The molecular formula is C53H101N2O6P. The molecule has 0 aliphatic heterocycles. The summed E-state index contributed by atoms with van der Waals surface area (Å²) in [7, 11) is 1.23. The average molecular weight is 893 g/mol. The molecule has 0 saturated carbocycles. The summed E-state index contributed by atoms with van der Waals surface area (Å²) < 4.78 is 23.2. The first-order chi connectivity index (χ1) is 30.0. The van der Waals surface area contributed by atoms with E-state index in [0.29, 0.717) is 17.4 Å². The van der Waals surface area contributed by atoms with Gasteiger partial charge < -0.3 is 28.8 Å². The Hall–Kier alpha value is -1.54. The fraction of sp³-hybridized carbons (Fsp3) is 0.830. The first kappa shape index (κ1) is 60.5. The Kier molecular flexibility index (Phi) is 43.5. The van der Waals surface area contributed by atoms with Crippen molar-refractivity contribution < 1.29 is 32.9 Å². The van der Waals surface area contributed by atoms with Crippen LogP contribution in [-0.2, 0) is 18.4 Å². The van der Waals surface area contributed by atoms with E-state index in [1.807, 2.05) is 27.2 Å². The Morgan fingerprint density at radius 1 is 0.565 bits per heavy atom. The Balaban J connectivity index is 4.32. The summed E-state index contributed by atoms with van der Waals surface area (Å²) in [6.07, 6.45) is 57.5. The predicted octanol–water partition coefficient (Wildman–Crippen LogP) is 14.6. The zero-order valence-electron chi connectivity index (χ0n) is 41.3. The number of nitrogens with zero attached hydrogens (tertiary/aromatic N) is 1. The lowest BCUT2D eigenvalue weighted by molar-refractivity contribution is -0.870. The molecule has 9 heteroatoms. The average Bonchev–Trinajstić information content (AvgIpc) is 3.23. The second-order valence-corrected chi connectivity index (χ2v) is 20.3. The van der Waals surface area contributed by atoms with Crippen molar-refractivity contribution in [3.63, 3.8) is 0 Å². The summed E-state index contributed by atoms with van der Waals surface area (Å²) in [5.74, 6) is -0.221. The van der Waals surface area contributed by atoms with Gasteiger partial charge in [-0.3, -0.25) is 9.36 Å². The monoisotopic (exact) mass is 893 g/mol. The maximum Gasteiger partial charge on any atom is 0.268 e. The third kappa shape index (κ3) is 46.5. The van der Waals surface area contributed by atoms with E-state index in [0.717, 1.165) is 64.2 Å².